The summed E-state index contributed by atoms with van der Waals surface area (Å²) in [6.07, 6.45) is 6.43. The topological polar surface area (TPSA) is 112 Å². The summed E-state index contributed by atoms with van der Waals surface area (Å²) in [5.74, 6) is -1.67. The molecule has 0 saturated heterocycles. The number of carbonyl (C=O) groups is 3. The van der Waals surface area contributed by atoms with Gasteiger partial charge in [0.2, 0.25) is 0 Å². The van der Waals surface area contributed by atoms with Crippen LogP contribution in [0.4, 0.5) is 10.5 Å². The summed E-state index contributed by atoms with van der Waals surface area (Å²) in [6, 6.07) is 8.47. The Morgan fingerprint density at radius 1 is 1.17 bits per heavy atom. The number of carbonyl (C=O) groups excluding carboxylic acids is 3. The van der Waals surface area contributed by atoms with Gasteiger partial charge in [0.15, 0.2) is 6.61 Å². The van der Waals surface area contributed by atoms with Crippen molar-refractivity contribution in [2.24, 2.45) is 0 Å². The van der Waals surface area contributed by atoms with Gasteiger partial charge in [0.05, 0.1) is 0 Å². The number of nitrogens with zero attached hydrogens (tertiary/aromatic N) is 2. The standard InChI is InChI=1S/C21H26N4O4/c1-25(2)18-10-8-15(9-11-18)12-16(13-22)20(27)29-14-19(26)24-21(28)23-17-6-4-3-5-7-17/h8-12,17H,3-7,14H2,1-2H3,(H2,23,24,26,28). The Bertz CT molecular complexity index is 803. The summed E-state index contributed by atoms with van der Waals surface area (Å²) in [5.41, 5.74) is 1.40. The Morgan fingerprint density at radius 3 is 2.41 bits per heavy atom. The number of nitriles is 1. The first-order chi connectivity index (χ1) is 13.9. The Hall–Kier alpha value is -3.34. The molecule has 1 fully saturated rings. The molecule has 8 nitrogen and oxygen atoms in total. The highest BCUT2D eigenvalue weighted by molar-refractivity contribution is 6.00. The lowest BCUT2D eigenvalue weighted by Crippen LogP contribution is -2.46. The van der Waals surface area contributed by atoms with E-state index in [-0.39, 0.29) is 11.6 Å². The fourth-order valence-electron chi connectivity index (χ4n) is 3.01. The van der Waals surface area contributed by atoms with Gasteiger partial charge >= 0.3 is 12.0 Å². The molecule has 1 saturated carbocycles. The average Bonchev–Trinajstić information content (AvgIpc) is 2.71. The van der Waals surface area contributed by atoms with E-state index in [1.54, 1.807) is 18.2 Å². The molecule has 1 aliphatic rings. The van der Waals surface area contributed by atoms with Crippen molar-refractivity contribution in [2.75, 3.05) is 25.6 Å². The predicted octanol–water partition coefficient (Wildman–Crippen LogP) is 2.36. The number of amides is 3. The van der Waals surface area contributed by atoms with Crippen LogP contribution in [0, 0.1) is 11.3 Å². The zero-order valence-corrected chi connectivity index (χ0v) is 16.7. The second-order valence-corrected chi connectivity index (χ2v) is 7.09. The average molecular weight is 398 g/mol. The van der Waals surface area contributed by atoms with Crippen LogP contribution in [0.15, 0.2) is 29.8 Å². The van der Waals surface area contributed by atoms with Crippen molar-refractivity contribution in [1.29, 1.82) is 5.26 Å². The third-order valence-corrected chi connectivity index (χ3v) is 4.59. The fourth-order valence-corrected chi connectivity index (χ4v) is 3.01. The summed E-state index contributed by atoms with van der Waals surface area (Å²) in [7, 11) is 3.81. The van der Waals surface area contributed by atoms with Gasteiger partial charge in [-0.05, 0) is 36.6 Å². The predicted molar refractivity (Wildman–Crippen MR) is 109 cm³/mol. The van der Waals surface area contributed by atoms with E-state index in [2.05, 4.69) is 10.6 Å². The van der Waals surface area contributed by atoms with Gasteiger partial charge in [-0.1, -0.05) is 31.4 Å². The number of rotatable bonds is 6. The smallest absolute Gasteiger partial charge is 0.349 e. The molecular formula is C21H26N4O4. The lowest BCUT2D eigenvalue weighted by atomic mass is 9.96. The molecule has 0 aliphatic heterocycles. The van der Waals surface area contributed by atoms with Gasteiger partial charge in [-0.3, -0.25) is 10.1 Å². The summed E-state index contributed by atoms with van der Waals surface area (Å²) < 4.78 is 4.85. The van der Waals surface area contributed by atoms with Gasteiger partial charge < -0.3 is 15.0 Å². The first-order valence-corrected chi connectivity index (χ1v) is 9.55. The van der Waals surface area contributed by atoms with Crippen LogP contribution in [0.25, 0.3) is 6.08 Å². The third-order valence-electron chi connectivity index (χ3n) is 4.59. The minimum absolute atomic E-state index is 0.0612. The molecule has 2 rings (SSSR count). The zero-order chi connectivity index (χ0) is 21.2. The molecule has 0 heterocycles. The van der Waals surface area contributed by atoms with Crippen LogP contribution < -0.4 is 15.5 Å². The van der Waals surface area contributed by atoms with Crippen LogP contribution >= 0.6 is 0 Å². The molecular weight excluding hydrogens is 372 g/mol. The van der Waals surface area contributed by atoms with Gasteiger partial charge in [0, 0.05) is 25.8 Å². The minimum atomic E-state index is -0.924. The van der Waals surface area contributed by atoms with Gasteiger partial charge in [-0.25, -0.2) is 9.59 Å². The molecule has 1 aromatic carbocycles. The maximum atomic E-state index is 12.1. The Balaban J connectivity index is 1.83. The van der Waals surface area contributed by atoms with Crippen molar-refractivity contribution in [3.8, 4) is 6.07 Å². The Labute approximate surface area is 170 Å². The van der Waals surface area contributed by atoms with Crippen LogP contribution in [-0.4, -0.2) is 44.7 Å². The first-order valence-electron chi connectivity index (χ1n) is 9.55. The Kier molecular flexibility index (Phi) is 8.22. The summed E-state index contributed by atoms with van der Waals surface area (Å²) in [5, 5.41) is 14.1. The van der Waals surface area contributed by atoms with Crippen molar-refractivity contribution in [3.63, 3.8) is 0 Å². The molecule has 0 radical (unpaired) electrons. The molecule has 0 bridgehead atoms. The lowest BCUT2D eigenvalue weighted by molar-refractivity contribution is -0.144. The van der Waals surface area contributed by atoms with Crippen LogP contribution in [0.3, 0.4) is 0 Å². The van der Waals surface area contributed by atoms with Crippen molar-refractivity contribution in [1.82, 2.24) is 10.6 Å². The number of esters is 1. The highest BCUT2D eigenvalue weighted by Crippen LogP contribution is 2.17. The summed E-state index contributed by atoms with van der Waals surface area (Å²) >= 11 is 0. The number of anilines is 1. The molecule has 29 heavy (non-hydrogen) atoms. The van der Waals surface area contributed by atoms with Gasteiger partial charge in [0.25, 0.3) is 5.91 Å². The van der Waals surface area contributed by atoms with E-state index in [0.717, 1.165) is 37.8 Å². The van der Waals surface area contributed by atoms with E-state index < -0.39 is 24.5 Å². The van der Waals surface area contributed by atoms with Crippen molar-refractivity contribution in [3.05, 3.63) is 35.4 Å². The number of benzene rings is 1. The monoisotopic (exact) mass is 398 g/mol. The molecule has 0 spiro atoms. The molecule has 0 aromatic heterocycles. The van der Waals surface area contributed by atoms with E-state index in [1.807, 2.05) is 31.1 Å². The number of urea groups is 1. The normalized spacial score (nSPS) is 14.4. The van der Waals surface area contributed by atoms with Crippen molar-refractivity contribution < 1.29 is 19.1 Å². The number of nitrogens with one attached hydrogen (secondary N) is 2. The maximum Gasteiger partial charge on any atom is 0.349 e. The largest absolute Gasteiger partial charge is 0.451 e. The van der Waals surface area contributed by atoms with E-state index in [1.165, 1.54) is 6.08 Å². The molecule has 154 valence electrons. The Morgan fingerprint density at radius 2 is 1.83 bits per heavy atom. The fraction of sp³-hybridized carbons (Fsp3) is 0.429. The van der Waals surface area contributed by atoms with Crippen LogP contribution in [-0.2, 0) is 14.3 Å². The van der Waals surface area contributed by atoms with Crippen LogP contribution in [0.5, 0.6) is 0 Å². The van der Waals surface area contributed by atoms with Gasteiger partial charge in [-0.2, -0.15) is 5.26 Å². The van der Waals surface area contributed by atoms with E-state index in [4.69, 9.17) is 4.74 Å². The molecule has 3 amide bonds. The van der Waals surface area contributed by atoms with E-state index in [0.29, 0.717) is 5.56 Å². The van der Waals surface area contributed by atoms with Gasteiger partial charge in [-0.15, -0.1) is 0 Å². The summed E-state index contributed by atoms with van der Waals surface area (Å²) in [4.78, 5) is 37.6. The number of hydrogen-bond donors (Lipinski definition) is 2. The number of hydrogen-bond acceptors (Lipinski definition) is 6. The van der Waals surface area contributed by atoms with Crippen molar-refractivity contribution >= 4 is 29.7 Å². The molecule has 8 heteroatoms. The SMILES string of the molecule is CN(C)c1ccc(C=C(C#N)C(=O)OCC(=O)NC(=O)NC2CCCCC2)cc1. The molecule has 0 atom stereocenters. The van der Waals surface area contributed by atoms with E-state index in [9.17, 15) is 19.6 Å². The lowest BCUT2D eigenvalue weighted by Gasteiger charge is -2.22. The number of imide groups is 1. The quantitative estimate of drug-likeness (QED) is 0.432. The first kappa shape index (κ1) is 22.0. The van der Waals surface area contributed by atoms with Crippen molar-refractivity contribution in [2.45, 2.75) is 38.1 Å². The van der Waals surface area contributed by atoms with Gasteiger partial charge in [0.1, 0.15) is 11.6 Å². The van der Waals surface area contributed by atoms with Crippen LogP contribution in [0.2, 0.25) is 0 Å². The zero-order valence-electron chi connectivity index (χ0n) is 16.7. The highest BCUT2D eigenvalue weighted by Gasteiger charge is 2.18. The maximum absolute atomic E-state index is 12.1. The third kappa shape index (κ3) is 7.30. The molecule has 0 unspecified atom stereocenters. The molecule has 1 aromatic rings. The second kappa shape index (κ2) is 10.9. The van der Waals surface area contributed by atoms with E-state index >= 15 is 0 Å². The second-order valence-electron chi connectivity index (χ2n) is 7.09. The minimum Gasteiger partial charge on any atom is -0.451 e. The molecule has 2 N–H and O–H groups in total. The molecule has 1 aliphatic carbocycles. The highest BCUT2D eigenvalue weighted by atomic mass is 16.5. The van der Waals surface area contributed by atoms with Crippen LogP contribution in [0.1, 0.15) is 37.7 Å². The summed E-state index contributed by atoms with van der Waals surface area (Å²) in [6.45, 7) is -0.643. The number of ether oxygens (including phenoxy) is 1.